The summed E-state index contributed by atoms with van der Waals surface area (Å²) >= 11 is 0. The fraction of sp³-hybridized carbons (Fsp3) is 0.0667. The molecule has 0 saturated carbocycles. The molecule has 5 aromatic carbocycles. The summed E-state index contributed by atoms with van der Waals surface area (Å²) in [6, 6.07) is 12.1. The van der Waals surface area contributed by atoms with Gasteiger partial charge in [-0.15, -0.1) is 0 Å². The predicted molar refractivity (Wildman–Crippen MR) is 133 cm³/mol. The summed E-state index contributed by atoms with van der Waals surface area (Å²) in [6.45, 7) is 3.42. The molecule has 0 aliphatic rings. The molecule has 202 valence electrons. The summed E-state index contributed by atoms with van der Waals surface area (Å²) in [5.41, 5.74) is -0.382. The van der Waals surface area contributed by atoms with E-state index in [-0.39, 0.29) is 33.0 Å². The number of halogens is 6. The third kappa shape index (κ3) is 4.51. The summed E-state index contributed by atoms with van der Waals surface area (Å²) < 4.78 is 94.2. The van der Waals surface area contributed by atoms with Gasteiger partial charge in [0.05, 0.1) is 11.1 Å². The number of aryl methyl sites for hydroxylation is 2. The van der Waals surface area contributed by atoms with Gasteiger partial charge in [-0.2, -0.15) is 0 Å². The van der Waals surface area contributed by atoms with E-state index in [0.717, 1.165) is 12.1 Å². The Morgan fingerprint density at radius 3 is 1.25 bits per heavy atom. The first-order chi connectivity index (χ1) is 19.0. The number of fused-ring (bicyclic) bond motifs is 2. The van der Waals surface area contributed by atoms with E-state index in [4.69, 9.17) is 9.47 Å². The quantitative estimate of drug-likeness (QED) is 0.0746. The van der Waals surface area contributed by atoms with Crippen LogP contribution >= 0.6 is 0 Å². The molecule has 0 unspecified atom stereocenters. The summed E-state index contributed by atoms with van der Waals surface area (Å²) in [6.07, 6.45) is 0. The Morgan fingerprint density at radius 2 is 0.875 bits per heavy atom. The molecule has 0 heterocycles. The van der Waals surface area contributed by atoms with E-state index in [9.17, 15) is 35.9 Å². The Kier molecular flexibility index (Phi) is 6.70. The Labute approximate surface area is 222 Å². The van der Waals surface area contributed by atoms with Crippen molar-refractivity contribution in [1.29, 1.82) is 0 Å². The molecule has 0 saturated heterocycles. The van der Waals surface area contributed by atoms with Gasteiger partial charge in [0.25, 0.3) is 0 Å². The van der Waals surface area contributed by atoms with Gasteiger partial charge >= 0.3 is 11.9 Å². The SMILES string of the molecule is Cc1ccc2c(OC(=O)c3ccc(F)c(F)c3F)c3cc(C)ccc3c(OC(=O)c3ccc(F)c(F)c3F)c2c1. The molecule has 0 aliphatic heterocycles. The summed E-state index contributed by atoms with van der Waals surface area (Å²) in [7, 11) is 0. The zero-order valence-corrected chi connectivity index (χ0v) is 20.7. The van der Waals surface area contributed by atoms with Crippen LogP contribution in [0.15, 0.2) is 60.7 Å². The average molecular weight is 554 g/mol. The number of esters is 2. The third-order valence-corrected chi connectivity index (χ3v) is 6.23. The fourth-order valence-electron chi connectivity index (χ4n) is 4.26. The zero-order chi connectivity index (χ0) is 28.9. The lowest BCUT2D eigenvalue weighted by Gasteiger charge is -2.18. The molecule has 4 nitrogen and oxygen atoms in total. The van der Waals surface area contributed by atoms with Crippen LogP contribution in [0, 0.1) is 48.8 Å². The highest BCUT2D eigenvalue weighted by Crippen LogP contribution is 2.44. The molecule has 0 aliphatic carbocycles. The van der Waals surface area contributed by atoms with Crippen LogP contribution in [0.1, 0.15) is 31.8 Å². The number of ether oxygens (including phenoxy) is 2. The van der Waals surface area contributed by atoms with E-state index in [1.54, 1.807) is 38.1 Å². The van der Waals surface area contributed by atoms with Gasteiger partial charge in [0, 0.05) is 21.5 Å². The van der Waals surface area contributed by atoms with Crippen LogP contribution in [0.2, 0.25) is 0 Å². The van der Waals surface area contributed by atoms with E-state index in [2.05, 4.69) is 0 Å². The normalized spacial score (nSPS) is 11.2. The smallest absolute Gasteiger partial charge is 0.346 e. The Morgan fingerprint density at radius 1 is 0.500 bits per heavy atom. The zero-order valence-electron chi connectivity index (χ0n) is 20.7. The highest BCUT2D eigenvalue weighted by molar-refractivity contribution is 6.14. The Hall–Kier alpha value is -4.86. The molecular weight excluding hydrogens is 538 g/mol. The van der Waals surface area contributed by atoms with Gasteiger partial charge in [-0.1, -0.05) is 35.4 Å². The van der Waals surface area contributed by atoms with Crippen LogP contribution in [0.3, 0.4) is 0 Å². The number of benzene rings is 5. The lowest BCUT2D eigenvalue weighted by atomic mass is 9.97. The molecule has 0 fully saturated rings. The van der Waals surface area contributed by atoms with E-state index >= 15 is 0 Å². The standard InChI is InChI=1S/C30H16F6O4/c1-13-3-5-15-19(11-13)27(39-29(37)17-7-9-21(31)25(35)23(17)33)16-6-4-14(2)12-20(16)28(15)40-30(38)18-8-10-22(32)26(36)24(18)34/h3-12H,1-2H3. The van der Waals surface area contributed by atoms with Crippen molar-refractivity contribution in [3.8, 4) is 11.5 Å². The van der Waals surface area contributed by atoms with Crippen LogP contribution in [-0.4, -0.2) is 11.9 Å². The first-order valence-corrected chi connectivity index (χ1v) is 11.7. The lowest BCUT2D eigenvalue weighted by Crippen LogP contribution is -2.14. The summed E-state index contributed by atoms with van der Waals surface area (Å²) in [5.74, 6) is -13.0. The van der Waals surface area contributed by atoms with E-state index in [1.165, 1.54) is 12.1 Å². The average Bonchev–Trinajstić information content (AvgIpc) is 2.92. The third-order valence-electron chi connectivity index (χ3n) is 6.23. The van der Waals surface area contributed by atoms with Crippen LogP contribution in [0.25, 0.3) is 21.5 Å². The first kappa shape index (κ1) is 26.7. The summed E-state index contributed by atoms with van der Waals surface area (Å²) in [5, 5.41) is 0.768. The lowest BCUT2D eigenvalue weighted by molar-refractivity contribution is 0.0720. The van der Waals surface area contributed by atoms with Crippen molar-refractivity contribution in [2.75, 3.05) is 0 Å². The van der Waals surface area contributed by atoms with Crippen molar-refractivity contribution in [2.24, 2.45) is 0 Å². The first-order valence-electron chi connectivity index (χ1n) is 11.7. The molecule has 0 amide bonds. The maximum Gasteiger partial charge on any atom is 0.346 e. The fourth-order valence-corrected chi connectivity index (χ4v) is 4.26. The summed E-state index contributed by atoms with van der Waals surface area (Å²) in [4.78, 5) is 25.9. The Balaban J connectivity index is 1.71. The van der Waals surface area contributed by atoms with Gasteiger partial charge in [-0.25, -0.2) is 35.9 Å². The highest BCUT2D eigenvalue weighted by Gasteiger charge is 2.26. The van der Waals surface area contributed by atoms with Crippen molar-refractivity contribution >= 4 is 33.5 Å². The van der Waals surface area contributed by atoms with Crippen LogP contribution in [0.5, 0.6) is 11.5 Å². The molecule has 0 atom stereocenters. The maximum atomic E-state index is 14.4. The van der Waals surface area contributed by atoms with Gasteiger partial charge in [0.1, 0.15) is 11.5 Å². The van der Waals surface area contributed by atoms with Gasteiger partial charge in [0.15, 0.2) is 34.9 Å². The molecule has 40 heavy (non-hydrogen) atoms. The monoisotopic (exact) mass is 554 g/mol. The number of hydrogen-bond donors (Lipinski definition) is 0. The minimum absolute atomic E-state index is 0.110. The molecule has 0 radical (unpaired) electrons. The second-order valence-corrected chi connectivity index (χ2v) is 8.98. The van der Waals surface area contributed by atoms with E-state index in [1.807, 2.05) is 0 Å². The molecule has 0 aromatic heterocycles. The van der Waals surface area contributed by atoms with E-state index in [0.29, 0.717) is 23.3 Å². The minimum atomic E-state index is -1.85. The van der Waals surface area contributed by atoms with Gasteiger partial charge in [0.2, 0.25) is 0 Å². The van der Waals surface area contributed by atoms with Crippen LogP contribution < -0.4 is 9.47 Å². The number of rotatable bonds is 4. The van der Waals surface area contributed by atoms with Crippen LogP contribution in [0.4, 0.5) is 26.3 Å². The molecule has 5 aromatic rings. The largest absolute Gasteiger partial charge is 0.422 e. The van der Waals surface area contributed by atoms with Gasteiger partial charge < -0.3 is 9.47 Å². The number of carbonyl (C=O) groups is 2. The maximum absolute atomic E-state index is 14.4. The Bertz CT molecular complexity index is 1750. The van der Waals surface area contributed by atoms with Crippen molar-refractivity contribution in [3.05, 3.63) is 118 Å². The highest BCUT2D eigenvalue weighted by atomic mass is 19.2. The van der Waals surface area contributed by atoms with E-state index < -0.39 is 58.0 Å². The predicted octanol–water partition coefficient (Wildman–Crippen LogP) is 7.88. The molecule has 0 N–H and O–H groups in total. The van der Waals surface area contributed by atoms with Crippen LogP contribution in [-0.2, 0) is 0 Å². The van der Waals surface area contributed by atoms with Gasteiger partial charge in [-0.05, 0) is 50.2 Å². The van der Waals surface area contributed by atoms with Gasteiger partial charge in [-0.3, -0.25) is 0 Å². The molecule has 5 rings (SSSR count). The second-order valence-electron chi connectivity index (χ2n) is 8.98. The van der Waals surface area contributed by atoms with Crippen molar-refractivity contribution < 1.29 is 45.4 Å². The second kappa shape index (κ2) is 10.0. The topological polar surface area (TPSA) is 52.6 Å². The van der Waals surface area contributed by atoms with Crippen molar-refractivity contribution in [3.63, 3.8) is 0 Å². The van der Waals surface area contributed by atoms with Crippen molar-refractivity contribution in [1.82, 2.24) is 0 Å². The molecule has 10 heteroatoms. The molecular formula is C30H16F6O4. The number of carbonyl (C=O) groups excluding carboxylic acids is 2. The molecule has 0 spiro atoms. The minimum Gasteiger partial charge on any atom is -0.422 e. The van der Waals surface area contributed by atoms with Crippen molar-refractivity contribution in [2.45, 2.75) is 13.8 Å². The molecule has 0 bridgehead atoms. The number of hydrogen-bond acceptors (Lipinski definition) is 4.